The van der Waals surface area contributed by atoms with Crippen molar-refractivity contribution >= 4 is 21.4 Å². The van der Waals surface area contributed by atoms with Crippen molar-refractivity contribution in [2.75, 3.05) is 11.1 Å². The van der Waals surface area contributed by atoms with Crippen LogP contribution in [0.15, 0.2) is 53.4 Å². The molecule has 9 heteroatoms. The molecule has 0 fully saturated rings. The second-order valence-electron chi connectivity index (χ2n) is 5.74. The summed E-state index contributed by atoms with van der Waals surface area (Å²) in [7, 11) is -3.49. The van der Waals surface area contributed by atoms with Crippen LogP contribution >= 0.6 is 0 Å². The molecule has 134 valence electrons. The van der Waals surface area contributed by atoms with Crippen molar-refractivity contribution in [3.63, 3.8) is 0 Å². The second-order valence-corrected chi connectivity index (χ2v) is 7.85. The van der Waals surface area contributed by atoms with E-state index in [0.29, 0.717) is 11.5 Å². The summed E-state index contributed by atoms with van der Waals surface area (Å²) in [6.45, 7) is 1.88. The van der Waals surface area contributed by atoms with Crippen molar-refractivity contribution in [3.05, 3.63) is 54.1 Å². The van der Waals surface area contributed by atoms with Gasteiger partial charge in [0, 0.05) is 17.7 Å². The Labute approximate surface area is 150 Å². The Morgan fingerprint density at radius 2 is 1.77 bits per heavy atom. The Morgan fingerprint density at radius 1 is 1.08 bits per heavy atom. The van der Waals surface area contributed by atoms with Gasteiger partial charge in [-0.2, -0.15) is 5.21 Å². The fourth-order valence-electron chi connectivity index (χ4n) is 2.30. The number of nitrogens with zero attached hydrogens (tertiary/aromatic N) is 3. The molecule has 0 saturated carbocycles. The average molecular weight is 371 g/mol. The smallest absolute Gasteiger partial charge is 0.225 e. The van der Waals surface area contributed by atoms with E-state index >= 15 is 0 Å². The fraction of sp³-hybridized carbons (Fsp3) is 0.176. The first kappa shape index (κ1) is 17.7. The minimum absolute atomic E-state index is 0.122. The highest BCUT2D eigenvalue weighted by molar-refractivity contribution is 7.91. The quantitative estimate of drug-likeness (QED) is 0.684. The van der Waals surface area contributed by atoms with Gasteiger partial charge in [-0.25, -0.2) is 8.42 Å². The van der Waals surface area contributed by atoms with Gasteiger partial charge in [0.1, 0.15) is 0 Å². The monoisotopic (exact) mass is 371 g/mol. The molecule has 1 aromatic heterocycles. The number of sulfone groups is 1. The molecule has 0 saturated heterocycles. The van der Waals surface area contributed by atoms with E-state index in [1.807, 2.05) is 6.92 Å². The van der Waals surface area contributed by atoms with Crippen molar-refractivity contribution in [1.82, 2.24) is 20.6 Å². The van der Waals surface area contributed by atoms with Gasteiger partial charge in [0.15, 0.2) is 9.84 Å². The van der Waals surface area contributed by atoms with Gasteiger partial charge in [-0.1, -0.05) is 17.7 Å². The van der Waals surface area contributed by atoms with Crippen LogP contribution in [0.4, 0.5) is 5.69 Å². The third-order valence-corrected chi connectivity index (χ3v) is 5.48. The molecule has 0 aliphatic carbocycles. The predicted octanol–water partition coefficient (Wildman–Crippen LogP) is 1.98. The zero-order valence-electron chi connectivity index (χ0n) is 14.0. The van der Waals surface area contributed by atoms with E-state index in [1.165, 1.54) is 0 Å². The molecule has 0 bridgehead atoms. The predicted molar refractivity (Wildman–Crippen MR) is 96.1 cm³/mol. The van der Waals surface area contributed by atoms with Gasteiger partial charge < -0.3 is 5.32 Å². The number of carbonyl (C=O) groups excluding carboxylic acids is 1. The Hall–Kier alpha value is -3.07. The van der Waals surface area contributed by atoms with Crippen LogP contribution in [0.5, 0.6) is 0 Å². The van der Waals surface area contributed by atoms with E-state index in [-0.39, 0.29) is 23.0 Å². The van der Waals surface area contributed by atoms with Gasteiger partial charge in [-0.15, -0.1) is 10.2 Å². The van der Waals surface area contributed by atoms with E-state index in [0.717, 1.165) is 11.1 Å². The maximum Gasteiger partial charge on any atom is 0.225 e. The summed E-state index contributed by atoms with van der Waals surface area (Å²) in [6.07, 6.45) is -0.122. The fourth-order valence-corrected chi connectivity index (χ4v) is 3.54. The van der Waals surface area contributed by atoms with Crippen molar-refractivity contribution < 1.29 is 13.2 Å². The van der Waals surface area contributed by atoms with E-state index in [2.05, 4.69) is 25.9 Å². The normalized spacial score (nSPS) is 11.3. The Kier molecular flexibility index (Phi) is 5.08. The van der Waals surface area contributed by atoms with Gasteiger partial charge in [0.2, 0.25) is 11.7 Å². The van der Waals surface area contributed by atoms with Crippen LogP contribution in [0, 0.1) is 6.92 Å². The zero-order valence-corrected chi connectivity index (χ0v) is 14.8. The first-order chi connectivity index (χ1) is 12.4. The lowest BCUT2D eigenvalue weighted by Crippen LogP contribution is -2.17. The molecule has 0 spiro atoms. The number of nitrogens with one attached hydrogen (secondary N) is 2. The molecule has 3 rings (SSSR count). The SMILES string of the molecule is Cc1ccc(S(=O)(=O)CCC(=O)Nc2ccc(-c3nn[nH]n3)cc2)cc1. The summed E-state index contributed by atoms with van der Waals surface area (Å²) in [5.74, 6) is -0.164. The van der Waals surface area contributed by atoms with E-state index in [4.69, 9.17) is 0 Å². The van der Waals surface area contributed by atoms with Crippen molar-refractivity contribution in [1.29, 1.82) is 0 Å². The number of rotatable bonds is 6. The molecule has 0 aliphatic heterocycles. The van der Waals surface area contributed by atoms with Gasteiger partial charge in [-0.3, -0.25) is 4.79 Å². The van der Waals surface area contributed by atoms with Gasteiger partial charge in [0.05, 0.1) is 10.6 Å². The third kappa shape index (κ3) is 4.31. The van der Waals surface area contributed by atoms with Gasteiger partial charge in [0.25, 0.3) is 0 Å². The Bertz CT molecular complexity index is 982. The molecule has 2 N–H and O–H groups in total. The summed E-state index contributed by atoms with van der Waals surface area (Å²) in [6, 6.07) is 13.4. The number of amides is 1. The van der Waals surface area contributed by atoms with Crippen LogP contribution in [0.1, 0.15) is 12.0 Å². The van der Waals surface area contributed by atoms with Crippen molar-refractivity contribution in [2.45, 2.75) is 18.2 Å². The maximum absolute atomic E-state index is 12.3. The molecule has 26 heavy (non-hydrogen) atoms. The number of hydrogen-bond donors (Lipinski definition) is 2. The third-order valence-electron chi connectivity index (χ3n) is 3.75. The maximum atomic E-state index is 12.3. The van der Waals surface area contributed by atoms with Crippen molar-refractivity contribution in [2.24, 2.45) is 0 Å². The summed E-state index contributed by atoms with van der Waals surface area (Å²) < 4.78 is 24.5. The summed E-state index contributed by atoms with van der Waals surface area (Å²) >= 11 is 0. The molecule has 0 radical (unpaired) electrons. The number of tetrazole rings is 1. The first-order valence-corrected chi connectivity index (χ1v) is 9.52. The largest absolute Gasteiger partial charge is 0.326 e. The number of anilines is 1. The number of aromatic amines is 1. The molecule has 0 aliphatic rings. The topological polar surface area (TPSA) is 118 Å². The van der Waals surface area contributed by atoms with E-state index in [9.17, 15) is 13.2 Å². The molecule has 0 unspecified atom stereocenters. The lowest BCUT2D eigenvalue weighted by Gasteiger charge is -2.07. The van der Waals surface area contributed by atoms with Crippen LogP contribution in [-0.2, 0) is 14.6 Å². The standard InChI is InChI=1S/C17H17N5O3S/c1-12-2-8-15(9-3-12)26(24,25)11-10-16(23)18-14-6-4-13(5-7-14)17-19-21-22-20-17/h2-9H,10-11H2,1H3,(H,18,23)(H,19,20,21,22). The highest BCUT2D eigenvalue weighted by atomic mass is 32.2. The molecule has 1 amide bonds. The summed E-state index contributed by atoms with van der Waals surface area (Å²) in [5, 5.41) is 16.3. The van der Waals surface area contributed by atoms with Gasteiger partial charge in [-0.05, 0) is 48.5 Å². The number of carbonyl (C=O) groups is 1. The molecule has 2 aromatic carbocycles. The molecule has 1 heterocycles. The molecule has 3 aromatic rings. The minimum Gasteiger partial charge on any atom is -0.326 e. The number of hydrogen-bond acceptors (Lipinski definition) is 6. The summed E-state index contributed by atoms with van der Waals surface area (Å²) in [5.41, 5.74) is 2.29. The lowest BCUT2D eigenvalue weighted by atomic mass is 10.2. The van der Waals surface area contributed by atoms with Crippen LogP contribution in [0.25, 0.3) is 11.4 Å². The van der Waals surface area contributed by atoms with Crippen LogP contribution in [-0.4, -0.2) is 40.7 Å². The van der Waals surface area contributed by atoms with Gasteiger partial charge >= 0.3 is 0 Å². The number of H-pyrrole nitrogens is 1. The molecule has 0 atom stereocenters. The first-order valence-electron chi connectivity index (χ1n) is 7.87. The average Bonchev–Trinajstić information content (AvgIpc) is 3.16. The molecular formula is C17H17N5O3S. The number of aromatic nitrogens is 4. The Balaban J connectivity index is 1.58. The highest BCUT2D eigenvalue weighted by Gasteiger charge is 2.16. The van der Waals surface area contributed by atoms with Crippen LogP contribution in [0.2, 0.25) is 0 Å². The number of benzene rings is 2. The molecule has 8 nitrogen and oxygen atoms in total. The van der Waals surface area contributed by atoms with Crippen LogP contribution < -0.4 is 5.32 Å². The lowest BCUT2D eigenvalue weighted by molar-refractivity contribution is -0.115. The number of aryl methyl sites for hydroxylation is 1. The Morgan fingerprint density at radius 3 is 2.38 bits per heavy atom. The molecular weight excluding hydrogens is 354 g/mol. The second kappa shape index (κ2) is 7.44. The van der Waals surface area contributed by atoms with E-state index in [1.54, 1.807) is 48.5 Å². The zero-order chi connectivity index (χ0) is 18.6. The minimum atomic E-state index is -3.49. The van der Waals surface area contributed by atoms with Crippen LogP contribution in [0.3, 0.4) is 0 Å². The van der Waals surface area contributed by atoms with E-state index < -0.39 is 9.84 Å². The highest BCUT2D eigenvalue weighted by Crippen LogP contribution is 2.17. The summed E-state index contributed by atoms with van der Waals surface area (Å²) in [4.78, 5) is 12.3. The van der Waals surface area contributed by atoms with Crippen molar-refractivity contribution in [3.8, 4) is 11.4 Å².